The molecule has 166 valence electrons. The summed E-state index contributed by atoms with van der Waals surface area (Å²) in [6, 6.07) is 12.6. The van der Waals surface area contributed by atoms with Crippen molar-refractivity contribution in [1.29, 1.82) is 0 Å². The predicted molar refractivity (Wildman–Crippen MR) is 122 cm³/mol. The van der Waals surface area contributed by atoms with Gasteiger partial charge in [-0.3, -0.25) is 9.59 Å². The number of hydrogen-bond acceptors (Lipinski definition) is 9. The maximum Gasteiger partial charge on any atom is 0.308 e. The van der Waals surface area contributed by atoms with E-state index < -0.39 is 5.97 Å². The summed E-state index contributed by atoms with van der Waals surface area (Å²) < 4.78 is 12.8. The van der Waals surface area contributed by atoms with Gasteiger partial charge in [-0.1, -0.05) is 30.0 Å². The number of hydrazone groups is 1. The fourth-order valence-electron chi connectivity index (χ4n) is 2.49. The highest BCUT2D eigenvalue weighted by Crippen LogP contribution is 2.33. The van der Waals surface area contributed by atoms with Crippen LogP contribution in [0.25, 0.3) is 5.69 Å². The third-order valence-electron chi connectivity index (χ3n) is 3.78. The van der Waals surface area contributed by atoms with E-state index in [2.05, 4.69) is 42.0 Å². The van der Waals surface area contributed by atoms with Gasteiger partial charge in [0.05, 0.1) is 24.3 Å². The Morgan fingerprint density at radius 1 is 1.25 bits per heavy atom. The standard InChI is InChI=1S/C20H19BrN6O4S/c1-3-30-17-9-14(16(21)10-18(17)31-13(2)28)11-22-23-19(29)12-32-20-24-25-26-27(20)15-7-5-4-6-8-15/h4-11H,3,12H2,1-2H3,(H,23,29)/b22-11-. The molecule has 0 aliphatic heterocycles. The monoisotopic (exact) mass is 518 g/mol. The number of hydrogen-bond donors (Lipinski definition) is 1. The summed E-state index contributed by atoms with van der Waals surface area (Å²) in [7, 11) is 0. The molecule has 0 aliphatic carbocycles. The number of carbonyl (C=O) groups excluding carboxylic acids is 2. The second kappa shape index (κ2) is 11.4. The Morgan fingerprint density at radius 3 is 2.75 bits per heavy atom. The summed E-state index contributed by atoms with van der Waals surface area (Å²) in [5, 5.41) is 16.0. The van der Waals surface area contributed by atoms with Crippen molar-refractivity contribution < 1.29 is 19.1 Å². The lowest BCUT2D eigenvalue weighted by Gasteiger charge is -2.11. The third kappa shape index (κ3) is 6.37. The second-order valence-electron chi connectivity index (χ2n) is 6.14. The molecule has 1 N–H and O–H groups in total. The lowest BCUT2D eigenvalue weighted by atomic mass is 10.2. The molecular weight excluding hydrogens is 500 g/mol. The molecule has 0 saturated carbocycles. The van der Waals surface area contributed by atoms with Crippen molar-refractivity contribution >= 4 is 45.8 Å². The van der Waals surface area contributed by atoms with Crippen LogP contribution in [0.15, 0.2) is 57.2 Å². The number of esters is 1. The summed E-state index contributed by atoms with van der Waals surface area (Å²) in [5.74, 6) is -0.0304. The number of nitrogens with one attached hydrogen (secondary N) is 1. The fraction of sp³-hybridized carbons (Fsp3) is 0.200. The van der Waals surface area contributed by atoms with Crippen LogP contribution in [0.5, 0.6) is 11.5 Å². The van der Waals surface area contributed by atoms with Crippen LogP contribution in [-0.4, -0.2) is 50.7 Å². The first kappa shape index (κ1) is 23.4. The van der Waals surface area contributed by atoms with Gasteiger partial charge in [0.1, 0.15) is 0 Å². The minimum atomic E-state index is -0.456. The number of rotatable bonds is 9. The Labute approximate surface area is 196 Å². The zero-order valence-corrected chi connectivity index (χ0v) is 19.6. The van der Waals surface area contributed by atoms with Crippen molar-refractivity contribution in [3.8, 4) is 17.2 Å². The average molecular weight is 519 g/mol. The van der Waals surface area contributed by atoms with Crippen molar-refractivity contribution in [1.82, 2.24) is 25.6 Å². The van der Waals surface area contributed by atoms with Gasteiger partial charge in [0.25, 0.3) is 5.91 Å². The molecule has 0 aliphatic rings. The molecule has 32 heavy (non-hydrogen) atoms. The molecule has 0 radical (unpaired) electrons. The molecule has 0 fully saturated rings. The number of aromatic nitrogens is 4. The van der Waals surface area contributed by atoms with Crippen LogP contribution >= 0.6 is 27.7 Å². The van der Waals surface area contributed by atoms with Crippen molar-refractivity contribution in [2.24, 2.45) is 5.10 Å². The summed E-state index contributed by atoms with van der Waals surface area (Å²) in [5.41, 5.74) is 3.89. The van der Waals surface area contributed by atoms with Crippen molar-refractivity contribution in [3.05, 3.63) is 52.5 Å². The molecule has 3 aromatic rings. The first-order valence-electron chi connectivity index (χ1n) is 9.41. The molecule has 3 rings (SSSR count). The number of carbonyl (C=O) groups is 2. The number of halogens is 1. The van der Waals surface area contributed by atoms with E-state index in [-0.39, 0.29) is 11.7 Å². The number of tetrazole rings is 1. The van der Waals surface area contributed by atoms with E-state index >= 15 is 0 Å². The third-order valence-corrected chi connectivity index (χ3v) is 5.39. The first-order chi connectivity index (χ1) is 15.5. The van der Waals surface area contributed by atoms with Gasteiger partial charge in [-0.2, -0.15) is 9.78 Å². The molecule has 1 aromatic heterocycles. The van der Waals surface area contributed by atoms with E-state index in [0.29, 0.717) is 33.3 Å². The lowest BCUT2D eigenvalue weighted by Crippen LogP contribution is -2.20. The zero-order valence-electron chi connectivity index (χ0n) is 17.2. The Balaban J connectivity index is 1.61. The normalized spacial score (nSPS) is 10.8. The van der Waals surface area contributed by atoms with Crippen LogP contribution < -0.4 is 14.9 Å². The summed E-state index contributed by atoms with van der Waals surface area (Å²) in [6.45, 7) is 3.52. The van der Waals surface area contributed by atoms with E-state index in [1.54, 1.807) is 16.8 Å². The highest BCUT2D eigenvalue weighted by Gasteiger charge is 2.13. The summed E-state index contributed by atoms with van der Waals surface area (Å²) >= 11 is 4.58. The molecule has 0 bridgehead atoms. The molecule has 12 heteroatoms. The topological polar surface area (TPSA) is 121 Å². The van der Waals surface area contributed by atoms with E-state index in [1.807, 2.05) is 37.3 Å². The molecule has 0 unspecified atom stereocenters. The van der Waals surface area contributed by atoms with Crippen molar-refractivity contribution in [2.45, 2.75) is 19.0 Å². The Kier molecular flexibility index (Phi) is 8.34. The number of amides is 1. The van der Waals surface area contributed by atoms with Crippen LogP contribution in [-0.2, 0) is 9.59 Å². The first-order valence-corrected chi connectivity index (χ1v) is 11.2. The number of benzene rings is 2. The number of para-hydroxylation sites is 1. The molecule has 1 amide bonds. The fourth-order valence-corrected chi connectivity index (χ4v) is 3.60. The van der Waals surface area contributed by atoms with Gasteiger partial charge < -0.3 is 9.47 Å². The minimum Gasteiger partial charge on any atom is -0.490 e. The Hall–Kier alpha value is -3.25. The maximum absolute atomic E-state index is 12.2. The van der Waals surface area contributed by atoms with Gasteiger partial charge >= 0.3 is 5.97 Å². The lowest BCUT2D eigenvalue weighted by molar-refractivity contribution is -0.132. The molecule has 0 saturated heterocycles. The molecular formula is C20H19BrN6O4S. The molecule has 10 nitrogen and oxygen atoms in total. The highest BCUT2D eigenvalue weighted by molar-refractivity contribution is 9.10. The van der Waals surface area contributed by atoms with Crippen LogP contribution in [0.3, 0.4) is 0 Å². The predicted octanol–water partition coefficient (Wildman–Crippen LogP) is 2.99. The smallest absolute Gasteiger partial charge is 0.308 e. The van der Waals surface area contributed by atoms with E-state index in [9.17, 15) is 9.59 Å². The average Bonchev–Trinajstić information content (AvgIpc) is 3.24. The molecule has 0 atom stereocenters. The van der Waals surface area contributed by atoms with Crippen LogP contribution in [0.4, 0.5) is 0 Å². The summed E-state index contributed by atoms with van der Waals surface area (Å²) in [4.78, 5) is 23.5. The second-order valence-corrected chi connectivity index (χ2v) is 7.93. The van der Waals surface area contributed by atoms with E-state index in [4.69, 9.17) is 9.47 Å². The largest absolute Gasteiger partial charge is 0.490 e. The van der Waals surface area contributed by atoms with Crippen LogP contribution in [0, 0.1) is 0 Å². The zero-order chi connectivity index (χ0) is 22.9. The van der Waals surface area contributed by atoms with Crippen molar-refractivity contribution in [2.75, 3.05) is 12.4 Å². The van der Waals surface area contributed by atoms with Gasteiger partial charge in [-0.05, 0) is 57.5 Å². The van der Waals surface area contributed by atoms with Gasteiger partial charge in [0.2, 0.25) is 5.16 Å². The quantitative estimate of drug-likeness (QED) is 0.151. The Bertz CT molecular complexity index is 1120. The molecule has 1 heterocycles. The number of nitrogens with zero attached hydrogens (tertiary/aromatic N) is 5. The van der Waals surface area contributed by atoms with E-state index in [1.165, 1.54) is 24.9 Å². The highest BCUT2D eigenvalue weighted by atomic mass is 79.9. The number of ether oxygens (including phenoxy) is 2. The van der Waals surface area contributed by atoms with Crippen LogP contribution in [0.2, 0.25) is 0 Å². The number of thioether (sulfide) groups is 1. The SMILES string of the molecule is CCOc1cc(/C=N\NC(=O)CSc2nnnn2-c2ccccc2)c(Br)cc1OC(C)=O. The van der Waals surface area contributed by atoms with Crippen LogP contribution in [0.1, 0.15) is 19.4 Å². The molecule has 0 spiro atoms. The van der Waals surface area contributed by atoms with Gasteiger partial charge in [-0.15, -0.1) is 5.10 Å². The van der Waals surface area contributed by atoms with Crippen molar-refractivity contribution in [3.63, 3.8) is 0 Å². The minimum absolute atomic E-state index is 0.0707. The Morgan fingerprint density at radius 2 is 2.03 bits per heavy atom. The van der Waals surface area contributed by atoms with Gasteiger partial charge in [-0.25, -0.2) is 5.43 Å². The maximum atomic E-state index is 12.2. The van der Waals surface area contributed by atoms with Gasteiger partial charge in [0.15, 0.2) is 11.5 Å². The van der Waals surface area contributed by atoms with Gasteiger partial charge in [0, 0.05) is 17.0 Å². The van der Waals surface area contributed by atoms with E-state index in [0.717, 1.165) is 5.69 Å². The summed E-state index contributed by atoms with van der Waals surface area (Å²) in [6.07, 6.45) is 1.46. The molecule has 2 aromatic carbocycles.